The molecule has 2 N–H and O–H groups in total. The Morgan fingerprint density at radius 1 is 1.35 bits per heavy atom. The van der Waals surface area contributed by atoms with Crippen molar-refractivity contribution in [2.75, 3.05) is 23.7 Å². The van der Waals surface area contributed by atoms with Crippen LogP contribution in [0.15, 0.2) is 0 Å². The Hall–Kier alpha value is -1.18. The van der Waals surface area contributed by atoms with Gasteiger partial charge in [-0.15, -0.1) is 0 Å². The second-order valence-corrected chi connectivity index (χ2v) is 5.92. The minimum Gasteiger partial charge on any atom is -0.484 e. The van der Waals surface area contributed by atoms with E-state index in [-0.39, 0.29) is 18.9 Å². The summed E-state index contributed by atoms with van der Waals surface area (Å²) in [5, 5.41) is 0.733. The summed E-state index contributed by atoms with van der Waals surface area (Å²) in [6, 6.07) is 0. The molecule has 0 radical (unpaired) electrons. The van der Waals surface area contributed by atoms with E-state index in [9.17, 15) is 13.2 Å². The summed E-state index contributed by atoms with van der Waals surface area (Å²) in [7, 11) is 0. The minimum atomic E-state index is -4.10. The van der Waals surface area contributed by atoms with E-state index in [2.05, 4.69) is 4.37 Å². The minimum absolute atomic E-state index is 0.0554. The zero-order valence-electron chi connectivity index (χ0n) is 11.4. The van der Waals surface area contributed by atoms with Crippen LogP contribution in [0, 0.1) is 5.92 Å². The van der Waals surface area contributed by atoms with E-state index in [0.29, 0.717) is 24.7 Å². The van der Waals surface area contributed by atoms with Gasteiger partial charge in [-0.1, -0.05) is 0 Å². The second-order valence-electron chi connectivity index (χ2n) is 5.17. The number of aromatic nitrogens is 1. The van der Waals surface area contributed by atoms with Crippen molar-refractivity contribution in [1.82, 2.24) is 4.37 Å². The van der Waals surface area contributed by atoms with E-state index in [1.165, 1.54) is 11.5 Å². The molecule has 2 rings (SSSR count). The number of hydrogen-bond acceptors (Lipinski definition) is 5. The maximum absolute atomic E-state index is 12.7. The Kier molecular flexibility index (Phi) is 4.31. The van der Waals surface area contributed by atoms with Gasteiger partial charge in [0, 0.05) is 13.1 Å². The van der Waals surface area contributed by atoms with Crippen LogP contribution in [-0.4, -0.2) is 29.7 Å². The molecule has 0 aromatic carbocycles. The number of hydrogen-bond donors (Lipinski definition) is 1. The van der Waals surface area contributed by atoms with E-state index in [0.717, 1.165) is 5.00 Å². The lowest BCUT2D eigenvalue weighted by Gasteiger charge is -2.33. The summed E-state index contributed by atoms with van der Waals surface area (Å²) in [5.41, 5.74) is 5.76. The van der Waals surface area contributed by atoms with E-state index < -0.39 is 12.1 Å². The van der Waals surface area contributed by atoms with Gasteiger partial charge in [-0.25, -0.2) is 0 Å². The third-order valence-electron chi connectivity index (χ3n) is 3.26. The zero-order valence-corrected chi connectivity index (χ0v) is 12.2. The molecule has 1 aromatic rings. The fraction of sp³-hybridized carbons (Fsp3) is 0.750. The molecule has 1 aromatic heterocycles. The first-order valence-corrected chi connectivity index (χ1v) is 7.30. The van der Waals surface area contributed by atoms with Gasteiger partial charge in [0.1, 0.15) is 0 Å². The van der Waals surface area contributed by atoms with Gasteiger partial charge in [-0.05, 0) is 38.2 Å². The lowest BCUT2D eigenvalue weighted by molar-refractivity contribution is -0.179. The number of piperidine rings is 1. The Morgan fingerprint density at radius 2 is 1.95 bits per heavy atom. The fourth-order valence-electron chi connectivity index (χ4n) is 2.24. The lowest BCUT2D eigenvalue weighted by atomic mass is 9.96. The Morgan fingerprint density at radius 3 is 2.45 bits per heavy atom. The molecular formula is C12H18F3N3OS. The number of nitrogens with zero attached hydrogens (tertiary/aromatic N) is 2. The number of halogens is 3. The smallest absolute Gasteiger partial charge is 0.391 e. The molecule has 0 unspecified atom stereocenters. The van der Waals surface area contributed by atoms with Gasteiger partial charge in [0.15, 0.2) is 16.6 Å². The maximum Gasteiger partial charge on any atom is 0.391 e. The van der Waals surface area contributed by atoms with Crippen molar-refractivity contribution < 1.29 is 17.9 Å². The van der Waals surface area contributed by atoms with Crippen LogP contribution < -0.4 is 15.4 Å². The van der Waals surface area contributed by atoms with Gasteiger partial charge in [-0.2, -0.15) is 17.5 Å². The molecule has 114 valence electrons. The van der Waals surface area contributed by atoms with Crippen LogP contribution in [-0.2, 0) is 0 Å². The zero-order chi connectivity index (χ0) is 14.9. The van der Waals surface area contributed by atoms with Crippen molar-refractivity contribution in [3.8, 4) is 5.75 Å². The van der Waals surface area contributed by atoms with Crippen molar-refractivity contribution in [2.45, 2.75) is 39.0 Å². The van der Waals surface area contributed by atoms with E-state index in [1.54, 1.807) is 0 Å². The molecule has 1 aliphatic rings. The van der Waals surface area contributed by atoms with Crippen molar-refractivity contribution in [3.05, 3.63) is 0 Å². The summed E-state index contributed by atoms with van der Waals surface area (Å²) in [6.45, 7) is 4.44. The average Bonchev–Trinajstić information content (AvgIpc) is 2.70. The van der Waals surface area contributed by atoms with Gasteiger partial charge >= 0.3 is 6.18 Å². The van der Waals surface area contributed by atoms with Gasteiger partial charge in [0.05, 0.1) is 12.0 Å². The highest BCUT2D eigenvalue weighted by Gasteiger charge is 2.41. The predicted molar refractivity (Wildman–Crippen MR) is 73.3 cm³/mol. The Bertz CT molecular complexity index is 453. The molecule has 8 heteroatoms. The SMILES string of the molecule is CC(C)Oc1c(N)nsc1N1CCC(C(F)(F)F)CC1. The number of nitrogens with two attached hydrogens (primary N) is 1. The van der Waals surface area contributed by atoms with Crippen LogP contribution in [0.4, 0.5) is 24.0 Å². The van der Waals surface area contributed by atoms with Crippen molar-refractivity contribution in [3.63, 3.8) is 0 Å². The molecule has 0 saturated carbocycles. The number of ether oxygens (including phenoxy) is 1. The summed E-state index contributed by atoms with van der Waals surface area (Å²) in [4.78, 5) is 1.88. The quantitative estimate of drug-likeness (QED) is 0.931. The summed E-state index contributed by atoms with van der Waals surface area (Å²) in [6.07, 6.45) is -3.96. The average molecular weight is 309 g/mol. The number of nitrogen functional groups attached to an aromatic ring is 1. The second kappa shape index (κ2) is 5.67. The highest BCUT2D eigenvalue weighted by atomic mass is 32.1. The maximum atomic E-state index is 12.7. The molecule has 0 atom stereocenters. The molecule has 1 aliphatic heterocycles. The van der Waals surface area contributed by atoms with Crippen LogP contribution in [0.5, 0.6) is 5.75 Å². The van der Waals surface area contributed by atoms with Crippen LogP contribution >= 0.6 is 11.5 Å². The molecule has 1 fully saturated rings. The van der Waals surface area contributed by atoms with Crippen LogP contribution in [0.2, 0.25) is 0 Å². The topological polar surface area (TPSA) is 51.4 Å². The summed E-state index contributed by atoms with van der Waals surface area (Å²) in [5.74, 6) is -0.411. The van der Waals surface area contributed by atoms with Crippen LogP contribution in [0.1, 0.15) is 26.7 Å². The molecule has 0 spiro atoms. The van der Waals surface area contributed by atoms with E-state index in [4.69, 9.17) is 10.5 Å². The van der Waals surface area contributed by atoms with Crippen LogP contribution in [0.25, 0.3) is 0 Å². The molecule has 0 amide bonds. The predicted octanol–water partition coefficient (Wildman–Crippen LogP) is 3.29. The molecule has 1 saturated heterocycles. The molecule has 0 aliphatic carbocycles. The Labute approximate surface area is 119 Å². The van der Waals surface area contributed by atoms with E-state index in [1.807, 2.05) is 18.7 Å². The standard InChI is InChI=1S/C12H18F3N3OS/c1-7(2)19-9-10(16)17-20-11(9)18-5-3-8(4-6-18)12(13,14)15/h7-8H,3-6H2,1-2H3,(H2,16,17). The normalized spacial score (nSPS) is 17.8. The largest absolute Gasteiger partial charge is 0.484 e. The fourth-order valence-corrected chi connectivity index (χ4v) is 3.04. The first-order valence-electron chi connectivity index (χ1n) is 6.52. The lowest BCUT2D eigenvalue weighted by Crippen LogP contribution is -2.38. The van der Waals surface area contributed by atoms with Crippen molar-refractivity contribution in [2.24, 2.45) is 5.92 Å². The Balaban J connectivity index is 2.07. The van der Waals surface area contributed by atoms with Gasteiger partial charge in [-0.3, -0.25) is 0 Å². The first kappa shape index (κ1) is 15.2. The third kappa shape index (κ3) is 3.28. The number of alkyl halides is 3. The van der Waals surface area contributed by atoms with Gasteiger partial charge in [0.2, 0.25) is 0 Å². The van der Waals surface area contributed by atoms with Crippen molar-refractivity contribution in [1.29, 1.82) is 0 Å². The highest BCUT2D eigenvalue weighted by Crippen LogP contribution is 2.42. The third-order valence-corrected chi connectivity index (χ3v) is 4.16. The molecule has 20 heavy (non-hydrogen) atoms. The summed E-state index contributed by atoms with van der Waals surface area (Å²) < 4.78 is 47.6. The highest BCUT2D eigenvalue weighted by molar-refractivity contribution is 7.11. The molecular weight excluding hydrogens is 291 g/mol. The van der Waals surface area contributed by atoms with Gasteiger partial charge in [0.25, 0.3) is 0 Å². The van der Waals surface area contributed by atoms with E-state index >= 15 is 0 Å². The van der Waals surface area contributed by atoms with Gasteiger partial charge < -0.3 is 15.4 Å². The molecule has 0 bridgehead atoms. The summed E-state index contributed by atoms with van der Waals surface area (Å²) >= 11 is 1.18. The number of rotatable bonds is 3. The monoisotopic (exact) mass is 309 g/mol. The molecule has 2 heterocycles. The van der Waals surface area contributed by atoms with Crippen molar-refractivity contribution >= 4 is 22.4 Å². The number of anilines is 2. The first-order chi connectivity index (χ1) is 9.29. The van der Waals surface area contributed by atoms with Crippen LogP contribution in [0.3, 0.4) is 0 Å². The molecule has 4 nitrogen and oxygen atoms in total.